The first-order valence-electron chi connectivity index (χ1n) is 14.8. The predicted molar refractivity (Wildman–Crippen MR) is 169 cm³/mol. The second-order valence-electron chi connectivity index (χ2n) is 12.0. The van der Waals surface area contributed by atoms with Gasteiger partial charge in [-0.1, -0.05) is 42.0 Å². The minimum absolute atomic E-state index is 0.0686. The minimum Gasteiger partial charge on any atom is -0.455 e. The van der Waals surface area contributed by atoms with Crippen LogP contribution in [0.5, 0.6) is 0 Å². The third-order valence-electron chi connectivity index (χ3n) is 9.02. The lowest BCUT2D eigenvalue weighted by molar-refractivity contribution is -0.133. The minimum atomic E-state index is -3.64. The van der Waals surface area contributed by atoms with Crippen molar-refractivity contribution in [3.63, 3.8) is 0 Å². The van der Waals surface area contributed by atoms with Crippen molar-refractivity contribution in [1.29, 1.82) is 0 Å². The molecule has 2 unspecified atom stereocenters. The van der Waals surface area contributed by atoms with Crippen molar-refractivity contribution in [2.45, 2.75) is 38.0 Å². The van der Waals surface area contributed by atoms with Crippen molar-refractivity contribution >= 4 is 38.5 Å². The summed E-state index contributed by atoms with van der Waals surface area (Å²) in [7, 11) is -0.565. The van der Waals surface area contributed by atoms with Gasteiger partial charge >= 0.3 is 0 Å². The van der Waals surface area contributed by atoms with Crippen molar-refractivity contribution in [1.82, 2.24) is 10.2 Å². The summed E-state index contributed by atoms with van der Waals surface area (Å²) in [6.07, 6.45) is 3.39. The molecule has 8 nitrogen and oxygen atoms in total. The molecule has 0 spiro atoms. The van der Waals surface area contributed by atoms with E-state index in [-0.39, 0.29) is 35.4 Å². The fourth-order valence-electron chi connectivity index (χ4n) is 6.40. The second-order valence-corrected chi connectivity index (χ2v) is 14.0. The van der Waals surface area contributed by atoms with Crippen LogP contribution in [0.3, 0.4) is 0 Å². The number of piperidine rings is 1. The van der Waals surface area contributed by atoms with E-state index in [2.05, 4.69) is 5.32 Å². The summed E-state index contributed by atoms with van der Waals surface area (Å²) in [5, 5.41) is 3.31. The van der Waals surface area contributed by atoms with Crippen LogP contribution >= 0.6 is 0 Å². The number of carbonyl (C=O) groups is 2. The number of carbonyl (C=O) groups excluding carboxylic acids is 2. The van der Waals surface area contributed by atoms with Crippen LogP contribution in [0.15, 0.2) is 65.1 Å². The molecule has 1 N–H and O–H groups in total. The molecule has 2 aliphatic rings. The number of hydrogen-bond acceptors (Lipinski definition) is 5. The highest BCUT2D eigenvalue weighted by molar-refractivity contribution is 7.92. The van der Waals surface area contributed by atoms with Crippen molar-refractivity contribution in [2.24, 2.45) is 5.92 Å². The number of aryl methyl sites for hydroxylation is 1. The first kappa shape index (κ1) is 29.9. The van der Waals surface area contributed by atoms with E-state index in [1.54, 1.807) is 25.2 Å². The number of rotatable bonds is 7. The van der Waals surface area contributed by atoms with Crippen LogP contribution in [-0.2, 0) is 14.8 Å². The molecular weight excluding hydrogens is 581 g/mol. The Balaban J connectivity index is 1.39. The normalized spacial score (nSPS) is 20.0. The Morgan fingerprint density at radius 3 is 2.43 bits per heavy atom. The smallest absolute Gasteiger partial charge is 0.255 e. The van der Waals surface area contributed by atoms with Crippen LogP contribution in [0.1, 0.15) is 58.1 Å². The topological polar surface area (TPSA) is 99.9 Å². The molecule has 230 valence electrons. The van der Waals surface area contributed by atoms with Crippen molar-refractivity contribution < 1.29 is 26.8 Å². The fraction of sp³-hybridized carbons (Fsp3) is 0.353. The lowest BCUT2D eigenvalue weighted by Gasteiger charge is -2.35. The number of anilines is 1. The molecule has 3 aromatic carbocycles. The maximum absolute atomic E-state index is 13.6. The molecule has 0 bridgehead atoms. The highest BCUT2D eigenvalue weighted by Gasteiger charge is 2.46. The van der Waals surface area contributed by atoms with E-state index < -0.39 is 10.0 Å². The van der Waals surface area contributed by atoms with Gasteiger partial charge in [-0.3, -0.25) is 13.9 Å². The zero-order valence-electron chi connectivity index (χ0n) is 25.3. The standard InChI is InChI=1S/C34H36FN3O5S/c1-20-7-9-22(10-8-20)32-31(33(39)36-2)28-17-26(29(18-30(28)43-32)37(3)44(4,41)42)23-6-5-15-38(19-23)34(40)27-16-25(27)21-11-13-24(35)14-12-21/h7-14,17-18,23,25,27H,5-6,15-16,19H2,1-4H3,(H,36,39)/t23-,25?,27?/m1/s1. The van der Waals surface area contributed by atoms with Gasteiger partial charge < -0.3 is 14.6 Å². The Bertz CT molecular complexity index is 1850. The molecule has 1 saturated heterocycles. The quantitative estimate of drug-likeness (QED) is 0.282. The number of fused-ring (bicyclic) bond motifs is 1. The zero-order chi connectivity index (χ0) is 31.3. The maximum Gasteiger partial charge on any atom is 0.255 e. The molecule has 10 heteroatoms. The average molecular weight is 618 g/mol. The van der Waals surface area contributed by atoms with Crippen LogP contribution in [0.25, 0.3) is 22.3 Å². The van der Waals surface area contributed by atoms with E-state index in [1.807, 2.05) is 42.2 Å². The molecule has 44 heavy (non-hydrogen) atoms. The van der Waals surface area contributed by atoms with Crippen molar-refractivity contribution in [2.75, 3.05) is 37.7 Å². The number of sulfonamides is 1. The van der Waals surface area contributed by atoms with Crippen molar-refractivity contribution in [3.8, 4) is 11.3 Å². The van der Waals surface area contributed by atoms with Crippen LogP contribution in [0, 0.1) is 18.7 Å². The third-order valence-corrected chi connectivity index (χ3v) is 10.2. The number of likely N-dealkylation sites (tertiary alicyclic amines) is 1. The monoisotopic (exact) mass is 617 g/mol. The number of halogens is 1. The van der Waals surface area contributed by atoms with Gasteiger partial charge in [-0.15, -0.1) is 0 Å². The molecule has 2 heterocycles. The van der Waals surface area contributed by atoms with E-state index in [1.165, 1.54) is 23.5 Å². The van der Waals surface area contributed by atoms with Gasteiger partial charge in [0.25, 0.3) is 5.91 Å². The molecule has 3 atom stereocenters. The van der Waals surface area contributed by atoms with Gasteiger partial charge in [0, 0.05) is 56.0 Å². The molecule has 4 aromatic rings. The Labute approximate surface area is 256 Å². The molecular formula is C34H36FN3O5S. The van der Waals surface area contributed by atoms with Crippen molar-refractivity contribution in [3.05, 3.63) is 88.7 Å². The van der Waals surface area contributed by atoms with E-state index >= 15 is 0 Å². The summed E-state index contributed by atoms with van der Waals surface area (Å²) >= 11 is 0. The number of amides is 2. The van der Waals surface area contributed by atoms with Gasteiger partial charge in [-0.2, -0.15) is 0 Å². The lowest BCUT2D eigenvalue weighted by Crippen LogP contribution is -2.40. The Morgan fingerprint density at radius 1 is 1.07 bits per heavy atom. The first-order chi connectivity index (χ1) is 21.0. The van der Waals surface area contributed by atoms with E-state index in [9.17, 15) is 22.4 Å². The summed E-state index contributed by atoms with van der Waals surface area (Å²) < 4.78 is 46.5. The second kappa shape index (κ2) is 11.4. The molecule has 0 radical (unpaired) electrons. The lowest BCUT2D eigenvalue weighted by atomic mass is 9.87. The number of benzene rings is 3. The summed E-state index contributed by atoms with van der Waals surface area (Å²) in [6, 6.07) is 17.6. The van der Waals surface area contributed by atoms with Crippen LogP contribution < -0.4 is 9.62 Å². The highest BCUT2D eigenvalue weighted by Crippen LogP contribution is 2.49. The largest absolute Gasteiger partial charge is 0.455 e. The van der Waals surface area contributed by atoms with Crippen LogP contribution in [0.2, 0.25) is 0 Å². The SMILES string of the molecule is CNC(=O)c1c(-c2ccc(C)cc2)oc2cc(N(C)S(C)(=O)=O)c([C@@H]3CCCN(C(=O)C4CC4c4ccc(F)cc4)C3)cc12. The first-order valence-corrected chi connectivity index (χ1v) is 16.7. The molecule has 2 amide bonds. The molecule has 1 aliphatic carbocycles. The van der Waals surface area contributed by atoms with Gasteiger partial charge in [-0.05, 0) is 61.4 Å². The summed E-state index contributed by atoms with van der Waals surface area (Å²) in [5.41, 5.74) is 4.75. The van der Waals surface area contributed by atoms with Crippen LogP contribution in [-0.4, -0.2) is 58.6 Å². The number of furan rings is 1. The Hall–Kier alpha value is -4.18. The van der Waals surface area contributed by atoms with Gasteiger partial charge in [0.1, 0.15) is 17.2 Å². The third kappa shape index (κ3) is 5.58. The predicted octanol–water partition coefficient (Wildman–Crippen LogP) is 5.81. The van der Waals surface area contributed by atoms with Gasteiger partial charge in [0.05, 0.1) is 17.5 Å². The van der Waals surface area contributed by atoms with E-state index in [4.69, 9.17) is 4.42 Å². The number of nitrogens with one attached hydrogen (secondary N) is 1. The molecule has 6 rings (SSSR count). The molecule has 1 saturated carbocycles. The molecule has 1 aromatic heterocycles. The summed E-state index contributed by atoms with van der Waals surface area (Å²) in [4.78, 5) is 28.8. The Morgan fingerprint density at radius 2 is 1.77 bits per heavy atom. The molecule has 2 fully saturated rings. The van der Waals surface area contributed by atoms with E-state index in [0.717, 1.165) is 47.8 Å². The fourth-order valence-corrected chi connectivity index (χ4v) is 6.91. The summed E-state index contributed by atoms with van der Waals surface area (Å²) in [5.74, 6) is -0.362. The maximum atomic E-state index is 13.6. The zero-order valence-corrected chi connectivity index (χ0v) is 26.1. The summed E-state index contributed by atoms with van der Waals surface area (Å²) in [6.45, 7) is 3.03. The van der Waals surface area contributed by atoms with Crippen LogP contribution in [0.4, 0.5) is 10.1 Å². The highest BCUT2D eigenvalue weighted by atomic mass is 32.2. The van der Waals surface area contributed by atoms with Gasteiger partial charge in [0.2, 0.25) is 15.9 Å². The average Bonchev–Trinajstić information content (AvgIpc) is 3.73. The Kier molecular flexibility index (Phi) is 7.73. The number of nitrogens with zero attached hydrogens (tertiary/aromatic N) is 2. The van der Waals surface area contributed by atoms with Gasteiger partial charge in [0.15, 0.2) is 0 Å². The molecule has 1 aliphatic heterocycles. The number of hydrogen-bond donors (Lipinski definition) is 1. The van der Waals surface area contributed by atoms with Gasteiger partial charge in [-0.25, -0.2) is 12.8 Å². The van der Waals surface area contributed by atoms with E-state index in [0.29, 0.717) is 41.1 Å².